The van der Waals surface area contributed by atoms with E-state index in [0.29, 0.717) is 11.6 Å². The van der Waals surface area contributed by atoms with Crippen molar-refractivity contribution in [1.82, 2.24) is 19.5 Å². The van der Waals surface area contributed by atoms with Crippen molar-refractivity contribution in [1.29, 1.82) is 0 Å². The van der Waals surface area contributed by atoms with E-state index < -0.39 is 0 Å². The van der Waals surface area contributed by atoms with Gasteiger partial charge in [-0.05, 0) is 19.1 Å². The Kier molecular flexibility index (Phi) is 3.23. The van der Waals surface area contributed by atoms with Gasteiger partial charge in [-0.15, -0.1) is 0 Å². The quantitative estimate of drug-likeness (QED) is 0.752. The van der Waals surface area contributed by atoms with Crippen LogP contribution in [0.3, 0.4) is 0 Å². The van der Waals surface area contributed by atoms with Gasteiger partial charge in [0, 0.05) is 11.8 Å². The van der Waals surface area contributed by atoms with Gasteiger partial charge in [-0.3, -0.25) is 19.5 Å². The van der Waals surface area contributed by atoms with Crippen molar-refractivity contribution in [2.45, 2.75) is 13.5 Å². The molecule has 2 heterocycles. The van der Waals surface area contributed by atoms with Gasteiger partial charge in [0.15, 0.2) is 0 Å². The fourth-order valence-electron chi connectivity index (χ4n) is 1.97. The summed E-state index contributed by atoms with van der Waals surface area (Å²) in [5.41, 5.74) is 1.96. The molecule has 21 heavy (non-hydrogen) atoms. The third-order valence-corrected chi connectivity index (χ3v) is 2.98. The number of carbonyl (C=O) groups is 1. The second kappa shape index (κ2) is 5.20. The first-order valence-electron chi connectivity index (χ1n) is 6.39. The van der Waals surface area contributed by atoms with E-state index in [9.17, 15) is 9.59 Å². The molecule has 0 radical (unpaired) electrons. The molecule has 0 saturated carbocycles. The molecule has 2 N–H and O–H groups in total. The van der Waals surface area contributed by atoms with Crippen LogP contribution in [-0.4, -0.2) is 25.4 Å². The molecule has 0 unspecified atom stereocenters. The Hall–Kier alpha value is -2.96. The number of nitrogens with one attached hydrogen (secondary N) is 2. The van der Waals surface area contributed by atoms with Gasteiger partial charge in [0.1, 0.15) is 6.54 Å². The Labute approximate surface area is 119 Å². The zero-order chi connectivity index (χ0) is 14.8. The molecule has 3 aromatic rings. The Morgan fingerprint density at radius 3 is 2.95 bits per heavy atom. The number of aromatic nitrogens is 4. The summed E-state index contributed by atoms with van der Waals surface area (Å²) < 4.78 is 1.24. The Bertz CT molecular complexity index is 832. The van der Waals surface area contributed by atoms with Crippen LogP contribution in [0.25, 0.3) is 11.0 Å². The average molecular weight is 283 g/mol. The molecule has 0 fully saturated rings. The van der Waals surface area contributed by atoms with E-state index >= 15 is 0 Å². The van der Waals surface area contributed by atoms with Gasteiger partial charge in [0.05, 0.1) is 17.4 Å². The molecular weight excluding hydrogens is 270 g/mol. The predicted molar refractivity (Wildman–Crippen MR) is 78.0 cm³/mol. The van der Waals surface area contributed by atoms with Crippen LogP contribution in [0.1, 0.15) is 5.69 Å². The number of aryl methyl sites for hydroxylation is 1. The number of aromatic amines is 1. The number of imidazole rings is 1. The van der Waals surface area contributed by atoms with E-state index in [-0.39, 0.29) is 18.0 Å². The lowest BCUT2D eigenvalue weighted by atomic mass is 10.3. The summed E-state index contributed by atoms with van der Waals surface area (Å²) in [6.45, 7) is 1.61. The Balaban J connectivity index is 1.75. The second-order valence-corrected chi connectivity index (χ2v) is 4.65. The van der Waals surface area contributed by atoms with Crippen LogP contribution in [0.15, 0.2) is 41.5 Å². The molecule has 0 aliphatic rings. The number of fused-ring (bicyclic) bond motifs is 1. The SMILES string of the molecule is Cc1cc(=O)n(CC(=O)Nc2nc3ccccc3[nH]2)cn1. The smallest absolute Gasteiger partial charge is 0.253 e. The minimum Gasteiger partial charge on any atom is -0.324 e. The lowest BCUT2D eigenvalue weighted by molar-refractivity contribution is -0.116. The topological polar surface area (TPSA) is 92.7 Å². The third-order valence-electron chi connectivity index (χ3n) is 2.98. The van der Waals surface area contributed by atoms with E-state index in [1.54, 1.807) is 6.92 Å². The third kappa shape index (κ3) is 2.81. The monoisotopic (exact) mass is 283 g/mol. The number of H-pyrrole nitrogens is 1. The summed E-state index contributed by atoms with van der Waals surface area (Å²) in [7, 11) is 0. The van der Waals surface area contributed by atoms with Crippen LogP contribution in [0.4, 0.5) is 5.95 Å². The maximum atomic E-state index is 11.9. The normalized spacial score (nSPS) is 10.7. The lowest BCUT2D eigenvalue weighted by Gasteiger charge is -2.04. The first-order chi connectivity index (χ1) is 10.1. The second-order valence-electron chi connectivity index (χ2n) is 4.65. The molecule has 1 amide bonds. The maximum absolute atomic E-state index is 11.9. The minimum atomic E-state index is -0.346. The molecule has 0 aliphatic carbocycles. The summed E-state index contributed by atoms with van der Waals surface area (Å²) in [5.74, 6) is 0.0103. The van der Waals surface area contributed by atoms with Gasteiger partial charge in [-0.2, -0.15) is 0 Å². The van der Waals surface area contributed by atoms with E-state index in [1.165, 1.54) is 17.0 Å². The van der Waals surface area contributed by atoms with Crippen molar-refractivity contribution in [2.75, 3.05) is 5.32 Å². The predicted octanol–water partition coefficient (Wildman–Crippen LogP) is 1.07. The van der Waals surface area contributed by atoms with Crippen LogP contribution in [-0.2, 0) is 11.3 Å². The maximum Gasteiger partial charge on any atom is 0.253 e. The van der Waals surface area contributed by atoms with Gasteiger partial charge >= 0.3 is 0 Å². The first-order valence-corrected chi connectivity index (χ1v) is 6.39. The Morgan fingerprint density at radius 2 is 2.19 bits per heavy atom. The van der Waals surface area contributed by atoms with E-state index in [2.05, 4.69) is 20.3 Å². The molecule has 3 rings (SSSR count). The largest absolute Gasteiger partial charge is 0.324 e. The van der Waals surface area contributed by atoms with Gasteiger partial charge in [0.25, 0.3) is 5.56 Å². The zero-order valence-electron chi connectivity index (χ0n) is 11.3. The van der Waals surface area contributed by atoms with E-state index in [1.807, 2.05) is 24.3 Å². The molecule has 2 aromatic heterocycles. The highest BCUT2D eigenvalue weighted by Crippen LogP contribution is 2.13. The number of hydrogen-bond acceptors (Lipinski definition) is 4. The highest BCUT2D eigenvalue weighted by Gasteiger charge is 2.08. The van der Waals surface area contributed by atoms with E-state index in [4.69, 9.17) is 0 Å². The number of rotatable bonds is 3. The van der Waals surface area contributed by atoms with Crippen LogP contribution < -0.4 is 10.9 Å². The summed E-state index contributed by atoms with van der Waals surface area (Å²) in [6, 6.07) is 8.84. The lowest BCUT2D eigenvalue weighted by Crippen LogP contribution is -2.27. The van der Waals surface area contributed by atoms with Gasteiger partial charge in [-0.25, -0.2) is 9.97 Å². The fourth-order valence-corrected chi connectivity index (χ4v) is 1.97. The molecule has 7 nitrogen and oxygen atoms in total. The van der Waals surface area contributed by atoms with Crippen LogP contribution in [0.5, 0.6) is 0 Å². The van der Waals surface area contributed by atoms with Crippen LogP contribution in [0, 0.1) is 6.92 Å². The fraction of sp³-hybridized carbons (Fsp3) is 0.143. The van der Waals surface area contributed by atoms with Gasteiger partial charge < -0.3 is 4.98 Å². The average Bonchev–Trinajstić information content (AvgIpc) is 2.84. The number of carbonyl (C=O) groups excluding carboxylic acids is 1. The van der Waals surface area contributed by atoms with Crippen molar-refractivity contribution < 1.29 is 4.79 Å². The summed E-state index contributed by atoms with van der Waals surface area (Å²) in [4.78, 5) is 34.9. The molecule has 0 spiro atoms. The van der Waals surface area contributed by atoms with Crippen LogP contribution >= 0.6 is 0 Å². The number of amides is 1. The molecule has 0 saturated heterocycles. The molecular formula is C14H13N5O2. The number of anilines is 1. The standard InChI is InChI=1S/C14H13N5O2/c1-9-6-13(21)19(8-15-9)7-12(20)18-14-16-10-4-2-3-5-11(10)17-14/h2-6,8H,7H2,1H3,(H2,16,17,18,20). The molecule has 106 valence electrons. The minimum absolute atomic E-state index is 0.108. The number of nitrogens with zero attached hydrogens (tertiary/aromatic N) is 3. The summed E-state index contributed by atoms with van der Waals surface area (Å²) >= 11 is 0. The highest BCUT2D eigenvalue weighted by atomic mass is 16.2. The number of para-hydroxylation sites is 2. The molecule has 7 heteroatoms. The van der Waals surface area contributed by atoms with Crippen molar-refractivity contribution >= 4 is 22.9 Å². The first kappa shape index (κ1) is 13.0. The van der Waals surface area contributed by atoms with Crippen LogP contribution in [0.2, 0.25) is 0 Å². The zero-order valence-corrected chi connectivity index (χ0v) is 11.3. The highest BCUT2D eigenvalue weighted by molar-refractivity contribution is 5.90. The number of hydrogen-bond donors (Lipinski definition) is 2. The van der Waals surface area contributed by atoms with Gasteiger partial charge in [-0.1, -0.05) is 12.1 Å². The molecule has 0 bridgehead atoms. The van der Waals surface area contributed by atoms with Gasteiger partial charge in [0.2, 0.25) is 11.9 Å². The molecule has 1 aromatic carbocycles. The molecule has 0 atom stereocenters. The Morgan fingerprint density at radius 1 is 1.38 bits per heavy atom. The van der Waals surface area contributed by atoms with Crippen molar-refractivity contribution in [3.63, 3.8) is 0 Å². The summed E-state index contributed by atoms with van der Waals surface area (Å²) in [5, 5.41) is 2.63. The number of benzene rings is 1. The van der Waals surface area contributed by atoms with Crippen molar-refractivity contribution in [3.05, 3.63) is 52.7 Å². The van der Waals surface area contributed by atoms with Crippen molar-refractivity contribution in [2.24, 2.45) is 0 Å². The summed E-state index contributed by atoms with van der Waals surface area (Å²) in [6.07, 6.45) is 1.36. The molecule has 0 aliphatic heterocycles. The van der Waals surface area contributed by atoms with Crippen molar-refractivity contribution in [3.8, 4) is 0 Å². The van der Waals surface area contributed by atoms with E-state index in [0.717, 1.165) is 11.0 Å².